The summed E-state index contributed by atoms with van der Waals surface area (Å²) in [5, 5.41) is 3.02. The molecule has 1 saturated heterocycles. The van der Waals surface area contributed by atoms with E-state index >= 15 is 0 Å². The number of carbonyl (C=O) groups is 1. The van der Waals surface area contributed by atoms with E-state index in [1.807, 2.05) is 13.0 Å². The van der Waals surface area contributed by atoms with Crippen LogP contribution in [0.15, 0.2) is 12.1 Å². The lowest BCUT2D eigenvalue weighted by molar-refractivity contribution is 0.0936. The minimum atomic E-state index is -0.569. The van der Waals surface area contributed by atoms with Crippen LogP contribution in [0.2, 0.25) is 0 Å². The van der Waals surface area contributed by atoms with Gasteiger partial charge in [-0.25, -0.2) is 4.39 Å². The predicted octanol–water partition coefficient (Wildman–Crippen LogP) is 3.16. The molecule has 1 aromatic carbocycles. The molecule has 1 amide bonds. The molecule has 1 N–H and O–H groups in total. The lowest BCUT2D eigenvalue weighted by atomic mass is 10.1. The molecule has 1 heterocycles. The summed E-state index contributed by atoms with van der Waals surface area (Å²) in [6, 6.07) is 4.13. The zero-order chi connectivity index (χ0) is 16.8. The largest absolute Gasteiger partial charge is 0.490 e. The molecule has 2 rings (SSSR count). The van der Waals surface area contributed by atoms with Crippen LogP contribution in [0.25, 0.3) is 0 Å². The van der Waals surface area contributed by atoms with E-state index in [9.17, 15) is 9.18 Å². The van der Waals surface area contributed by atoms with Crippen LogP contribution in [-0.4, -0.2) is 49.8 Å². The summed E-state index contributed by atoms with van der Waals surface area (Å²) < 4.78 is 18.8. The van der Waals surface area contributed by atoms with Crippen LogP contribution >= 0.6 is 22.6 Å². The molecule has 1 aliphatic heterocycles. The molecular weight excluding hydrogens is 410 g/mol. The van der Waals surface area contributed by atoms with Crippen molar-refractivity contribution in [3.63, 3.8) is 0 Å². The number of nitrogens with one attached hydrogen (secondary N) is 1. The van der Waals surface area contributed by atoms with Crippen LogP contribution in [0.5, 0.6) is 5.75 Å². The summed E-state index contributed by atoms with van der Waals surface area (Å²) >= 11 is 2.18. The van der Waals surface area contributed by atoms with Gasteiger partial charge < -0.3 is 10.1 Å². The Balaban J connectivity index is 2.08. The highest BCUT2D eigenvalue weighted by Crippen LogP contribution is 2.26. The van der Waals surface area contributed by atoms with Gasteiger partial charge in [-0.2, -0.15) is 0 Å². The quantitative estimate of drug-likeness (QED) is 0.671. The third-order valence-corrected chi connectivity index (χ3v) is 4.83. The Morgan fingerprint density at radius 1 is 1.52 bits per heavy atom. The summed E-state index contributed by atoms with van der Waals surface area (Å²) in [5.41, 5.74) is 1.34. The molecule has 1 aromatic rings. The Hall–Kier alpha value is -0.890. The number of nitrogens with zero attached hydrogens (tertiary/aromatic N) is 1. The number of hydrogen-bond donors (Lipinski definition) is 1. The van der Waals surface area contributed by atoms with Gasteiger partial charge in [0.25, 0.3) is 5.91 Å². The molecule has 0 saturated carbocycles. The number of rotatable bonds is 7. The number of halogens is 2. The van der Waals surface area contributed by atoms with Gasteiger partial charge in [0.2, 0.25) is 0 Å². The van der Waals surface area contributed by atoms with Crippen molar-refractivity contribution in [3.8, 4) is 5.75 Å². The molecule has 0 spiro atoms. The van der Waals surface area contributed by atoms with Crippen molar-refractivity contribution >= 4 is 28.5 Å². The van der Waals surface area contributed by atoms with Crippen molar-refractivity contribution in [1.82, 2.24) is 10.2 Å². The number of likely N-dealkylation sites (tertiary alicyclic amines) is 1. The van der Waals surface area contributed by atoms with Crippen LogP contribution in [0.1, 0.15) is 35.7 Å². The first-order chi connectivity index (χ1) is 11.1. The maximum atomic E-state index is 12.6. The van der Waals surface area contributed by atoms with Crippen molar-refractivity contribution in [2.24, 2.45) is 0 Å². The number of hydrogen-bond acceptors (Lipinski definition) is 3. The molecule has 1 fully saturated rings. The fraction of sp³-hybridized carbons (Fsp3) is 0.588. The molecule has 0 bridgehead atoms. The van der Waals surface area contributed by atoms with Gasteiger partial charge in [-0.3, -0.25) is 9.69 Å². The Bertz CT molecular complexity index is 554. The van der Waals surface area contributed by atoms with Gasteiger partial charge in [0.05, 0.1) is 5.56 Å². The van der Waals surface area contributed by atoms with Gasteiger partial charge in [-0.15, -0.1) is 0 Å². The topological polar surface area (TPSA) is 41.6 Å². The van der Waals surface area contributed by atoms with E-state index in [2.05, 4.69) is 39.7 Å². The fourth-order valence-electron chi connectivity index (χ4n) is 3.08. The first-order valence-electron chi connectivity index (χ1n) is 8.08. The van der Waals surface area contributed by atoms with Crippen LogP contribution in [0.4, 0.5) is 4.39 Å². The average molecular weight is 434 g/mol. The molecule has 0 radical (unpaired) electrons. The molecule has 0 aliphatic carbocycles. The highest BCUT2D eigenvalue weighted by Gasteiger charge is 2.24. The maximum absolute atomic E-state index is 12.6. The van der Waals surface area contributed by atoms with Crippen LogP contribution in [0, 0.1) is 10.5 Å². The highest BCUT2D eigenvalue weighted by molar-refractivity contribution is 14.1. The average Bonchev–Trinajstić information content (AvgIpc) is 2.98. The summed E-state index contributed by atoms with van der Waals surface area (Å²) in [7, 11) is 0. The molecular formula is C17H24FIN2O2. The SMILES string of the molecule is CCN1CCCC1CNC(=O)c1cc(I)cc(C)c1OCCF. The minimum Gasteiger partial charge on any atom is -0.490 e. The van der Waals surface area contributed by atoms with Crippen molar-refractivity contribution in [2.45, 2.75) is 32.7 Å². The first kappa shape index (κ1) is 18.4. The second-order valence-electron chi connectivity index (χ2n) is 5.77. The van der Waals surface area contributed by atoms with Gasteiger partial charge in [0.1, 0.15) is 19.0 Å². The molecule has 1 unspecified atom stereocenters. The van der Waals surface area contributed by atoms with Crippen molar-refractivity contribution in [1.29, 1.82) is 0 Å². The number of aryl methyl sites for hydroxylation is 1. The summed E-state index contributed by atoms with van der Waals surface area (Å²) in [6.45, 7) is 6.17. The van der Waals surface area contributed by atoms with Gasteiger partial charge in [-0.1, -0.05) is 6.92 Å². The van der Waals surface area contributed by atoms with E-state index in [-0.39, 0.29) is 12.5 Å². The lowest BCUT2D eigenvalue weighted by Gasteiger charge is -2.23. The van der Waals surface area contributed by atoms with Gasteiger partial charge in [0, 0.05) is 16.2 Å². The highest BCUT2D eigenvalue weighted by atomic mass is 127. The zero-order valence-corrected chi connectivity index (χ0v) is 15.9. The summed E-state index contributed by atoms with van der Waals surface area (Å²) in [5.74, 6) is 0.336. The van der Waals surface area contributed by atoms with Crippen molar-refractivity contribution < 1.29 is 13.9 Å². The van der Waals surface area contributed by atoms with Crippen LogP contribution < -0.4 is 10.1 Å². The third-order valence-electron chi connectivity index (χ3n) is 4.21. The van der Waals surface area contributed by atoms with Gasteiger partial charge in [0.15, 0.2) is 0 Å². The van der Waals surface area contributed by atoms with E-state index in [0.29, 0.717) is 23.9 Å². The standard InChI is InChI=1S/C17H24FIN2O2/c1-3-21-7-4-5-14(21)11-20-17(22)15-10-13(19)9-12(2)16(15)23-8-6-18/h9-10,14H,3-8,11H2,1-2H3,(H,20,22). The molecule has 23 heavy (non-hydrogen) atoms. The van der Waals surface area contributed by atoms with Crippen LogP contribution in [0.3, 0.4) is 0 Å². The summed E-state index contributed by atoms with van der Waals surface area (Å²) in [6.07, 6.45) is 2.30. The van der Waals surface area contributed by atoms with Gasteiger partial charge >= 0.3 is 0 Å². The number of likely N-dealkylation sites (N-methyl/N-ethyl adjacent to an activating group) is 1. The number of amides is 1. The van der Waals surface area contributed by atoms with Crippen LogP contribution in [-0.2, 0) is 0 Å². The fourth-order valence-corrected chi connectivity index (χ4v) is 3.86. The van der Waals surface area contributed by atoms with E-state index in [1.165, 1.54) is 6.42 Å². The van der Waals surface area contributed by atoms with E-state index in [1.54, 1.807) is 6.07 Å². The Labute approximate surface area is 150 Å². The second-order valence-corrected chi connectivity index (χ2v) is 7.02. The molecule has 128 valence electrons. The Morgan fingerprint density at radius 2 is 2.30 bits per heavy atom. The van der Waals surface area contributed by atoms with E-state index < -0.39 is 6.67 Å². The zero-order valence-electron chi connectivity index (χ0n) is 13.7. The minimum absolute atomic E-state index is 0.0338. The maximum Gasteiger partial charge on any atom is 0.255 e. The van der Waals surface area contributed by atoms with E-state index in [4.69, 9.17) is 4.74 Å². The van der Waals surface area contributed by atoms with Crippen molar-refractivity contribution in [3.05, 3.63) is 26.8 Å². The lowest BCUT2D eigenvalue weighted by Crippen LogP contribution is -2.40. The second kappa shape index (κ2) is 8.82. The van der Waals surface area contributed by atoms with Gasteiger partial charge in [-0.05, 0) is 73.1 Å². The number of carbonyl (C=O) groups excluding carboxylic acids is 1. The Kier molecular flexibility index (Phi) is 7.08. The number of benzene rings is 1. The molecule has 4 nitrogen and oxygen atoms in total. The number of ether oxygens (including phenoxy) is 1. The monoisotopic (exact) mass is 434 g/mol. The van der Waals surface area contributed by atoms with E-state index in [0.717, 1.165) is 28.6 Å². The smallest absolute Gasteiger partial charge is 0.255 e. The first-order valence-corrected chi connectivity index (χ1v) is 9.15. The number of alkyl halides is 1. The molecule has 0 aromatic heterocycles. The molecule has 1 atom stereocenters. The molecule has 6 heteroatoms. The molecule has 1 aliphatic rings. The van der Waals surface area contributed by atoms with Crippen molar-refractivity contribution in [2.75, 3.05) is 32.9 Å². The Morgan fingerprint density at radius 3 is 3.00 bits per heavy atom. The third kappa shape index (κ3) is 4.79. The summed E-state index contributed by atoms with van der Waals surface area (Å²) in [4.78, 5) is 15.0. The predicted molar refractivity (Wildman–Crippen MR) is 98.0 cm³/mol. The normalized spacial score (nSPS) is 18.2.